The molecular formula is C18H26ClN3O. The first-order chi connectivity index (χ1) is 11.2. The number of anilines is 1. The molecule has 0 aliphatic carbocycles. The van der Waals surface area contributed by atoms with Crippen LogP contribution in [0.2, 0.25) is 5.02 Å². The zero-order chi connectivity index (χ0) is 16.2. The van der Waals surface area contributed by atoms with Crippen LogP contribution in [0, 0.1) is 0 Å². The number of hydrogen-bond donors (Lipinski definition) is 2. The number of amides is 2. The highest BCUT2D eigenvalue weighted by Crippen LogP contribution is 2.34. The number of fused-ring (bicyclic) bond motifs is 2. The van der Waals surface area contributed by atoms with Gasteiger partial charge in [0.15, 0.2) is 0 Å². The fourth-order valence-electron chi connectivity index (χ4n) is 4.13. The Bertz CT molecular complexity index is 537. The third kappa shape index (κ3) is 3.99. The number of carbonyl (C=O) groups excluding carboxylic acids is 1. The van der Waals surface area contributed by atoms with Gasteiger partial charge in [-0.25, -0.2) is 4.79 Å². The lowest BCUT2D eigenvalue weighted by Gasteiger charge is -2.49. The van der Waals surface area contributed by atoms with E-state index in [0.717, 1.165) is 12.8 Å². The summed E-state index contributed by atoms with van der Waals surface area (Å²) in [6.07, 6.45) is 7.19. The van der Waals surface area contributed by atoms with Gasteiger partial charge in [-0.15, -0.1) is 0 Å². The standard InChI is InChI=1S/C18H26ClN3O/c1-2-10-22-14-6-5-7-15(22)12-13(11-14)20-18(23)21-17-9-4-3-8-16(17)19/h3-4,8-9,13-15H,2,5-7,10-12H2,1H3,(H2,20,21,23)/t13?,14-,15+. The first kappa shape index (κ1) is 16.6. The van der Waals surface area contributed by atoms with Crippen LogP contribution < -0.4 is 10.6 Å². The monoisotopic (exact) mass is 335 g/mol. The van der Waals surface area contributed by atoms with E-state index in [2.05, 4.69) is 22.5 Å². The third-order valence-corrected chi connectivity index (χ3v) is 5.39. The first-order valence-electron chi connectivity index (χ1n) is 8.75. The Morgan fingerprint density at radius 2 is 1.96 bits per heavy atom. The molecule has 3 atom stereocenters. The van der Waals surface area contributed by atoms with E-state index in [1.807, 2.05) is 18.2 Å². The van der Waals surface area contributed by atoms with E-state index >= 15 is 0 Å². The van der Waals surface area contributed by atoms with Gasteiger partial charge >= 0.3 is 6.03 Å². The molecule has 23 heavy (non-hydrogen) atoms. The van der Waals surface area contributed by atoms with E-state index in [-0.39, 0.29) is 12.1 Å². The van der Waals surface area contributed by atoms with Crippen LogP contribution in [0.4, 0.5) is 10.5 Å². The SMILES string of the molecule is CCCN1[C@@H]2CCC[C@H]1CC(NC(=O)Nc1ccccc1Cl)C2. The lowest BCUT2D eigenvalue weighted by atomic mass is 9.81. The number of hydrogen-bond acceptors (Lipinski definition) is 2. The molecule has 0 aromatic heterocycles. The Kier molecular flexibility index (Phi) is 5.44. The number of urea groups is 1. The maximum atomic E-state index is 12.3. The van der Waals surface area contributed by atoms with Crippen LogP contribution in [0.5, 0.6) is 0 Å². The molecule has 5 heteroatoms. The van der Waals surface area contributed by atoms with Gasteiger partial charge in [-0.2, -0.15) is 0 Å². The second-order valence-electron chi connectivity index (χ2n) is 6.72. The number of nitrogens with zero attached hydrogens (tertiary/aromatic N) is 1. The lowest BCUT2D eigenvalue weighted by Crippen LogP contribution is -2.57. The molecule has 0 saturated carbocycles. The topological polar surface area (TPSA) is 44.4 Å². The predicted octanol–water partition coefficient (Wildman–Crippen LogP) is 4.26. The summed E-state index contributed by atoms with van der Waals surface area (Å²) in [4.78, 5) is 14.9. The van der Waals surface area contributed by atoms with Crippen molar-refractivity contribution < 1.29 is 4.79 Å². The van der Waals surface area contributed by atoms with E-state index in [1.165, 1.54) is 32.2 Å². The summed E-state index contributed by atoms with van der Waals surface area (Å²) in [5.41, 5.74) is 0.662. The quantitative estimate of drug-likeness (QED) is 0.863. The van der Waals surface area contributed by atoms with Crippen molar-refractivity contribution >= 4 is 23.3 Å². The second-order valence-corrected chi connectivity index (χ2v) is 7.13. The lowest BCUT2D eigenvalue weighted by molar-refractivity contribution is 0.0272. The zero-order valence-corrected chi connectivity index (χ0v) is 14.5. The largest absolute Gasteiger partial charge is 0.335 e. The van der Waals surface area contributed by atoms with Crippen LogP contribution in [-0.2, 0) is 0 Å². The molecule has 2 aliphatic heterocycles. The summed E-state index contributed by atoms with van der Waals surface area (Å²) in [5.74, 6) is 0. The number of benzene rings is 1. The number of rotatable bonds is 4. The Hall–Kier alpha value is -1.26. The molecule has 1 unspecified atom stereocenters. The molecule has 3 rings (SSSR count). The van der Waals surface area contributed by atoms with Gasteiger partial charge in [0.25, 0.3) is 0 Å². The van der Waals surface area contributed by atoms with Crippen molar-refractivity contribution in [3.8, 4) is 0 Å². The van der Waals surface area contributed by atoms with Crippen LogP contribution >= 0.6 is 11.6 Å². The van der Waals surface area contributed by atoms with Gasteiger partial charge in [0, 0.05) is 18.1 Å². The number of halogens is 1. The number of carbonyl (C=O) groups is 1. The van der Waals surface area contributed by atoms with Gasteiger partial charge in [0.1, 0.15) is 0 Å². The molecule has 2 bridgehead atoms. The van der Waals surface area contributed by atoms with Crippen LogP contribution in [-0.4, -0.2) is 35.6 Å². The minimum Gasteiger partial charge on any atom is -0.335 e. The minimum absolute atomic E-state index is 0.148. The Labute approximate surface area is 143 Å². The number of piperidine rings is 2. The fourth-order valence-corrected chi connectivity index (χ4v) is 4.31. The molecule has 2 amide bonds. The molecule has 0 radical (unpaired) electrons. The molecule has 1 aromatic carbocycles. The smallest absolute Gasteiger partial charge is 0.319 e. The molecule has 4 nitrogen and oxygen atoms in total. The normalized spacial score (nSPS) is 27.5. The molecular weight excluding hydrogens is 310 g/mol. The fraction of sp³-hybridized carbons (Fsp3) is 0.611. The van der Waals surface area contributed by atoms with Crippen LogP contribution in [0.15, 0.2) is 24.3 Å². The Balaban J connectivity index is 1.57. The highest BCUT2D eigenvalue weighted by atomic mass is 35.5. The summed E-state index contributed by atoms with van der Waals surface area (Å²) in [7, 11) is 0. The summed E-state index contributed by atoms with van der Waals surface area (Å²) < 4.78 is 0. The highest BCUT2D eigenvalue weighted by molar-refractivity contribution is 6.33. The molecule has 2 heterocycles. The molecule has 2 N–H and O–H groups in total. The van der Waals surface area contributed by atoms with Crippen molar-refractivity contribution in [3.05, 3.63) is 29.3 Å². The van der Waals surface area contributed by atoms with E-state index in [4.69, 9.17) is 11.6 Å². The second kappa shape index (κ2) is 7.54. The minimum atomic E-state index is -0.148. The Morgan fingerprint density at radius 1 is 1.26 bits per heavy atom. The van der Waals surface area contributed by atoms with Crippen LogP contribution in [0.25, 0.3) is 0 Å². The van der Waals surface area contributed by atoms with E-state index < -0.39 is 0 Å². The molecule has 0 spiro atoms. The van der Waals surface area contributed by atoms with E-state index in [1.54, 1.807) is 6.07 Å². The van der Waals surface area contributed by atoms with Crippen molar-refractivity contribution in [1.29, 1.82) is 0 Å². The molecule has 126 valence electrons. The van der Waals surface area contributed by atoms with Gasteiger partial charge in [0.2, 0.25) is 0 Å². The van der Waals surface area contributed by atoms with E-state index in [0.29, 0.717) is 22.8 Å². The van der Waals surface area contributed by atoms with Crippen molar-refractivity contribution in [1.82, 2.24) is 10.2 Å². The van der Waals surface area contributed by atoms with Gasteiger partial charge in [0.05, 0.1) is 10.7 Å². The van der Waals surface area contributed by atoms with Gasteiger partial charge in [-0.3, -0.25) is 4.90 Å². The van der Waals surface area contributed by atoms with Crippen molar-refractivity contribution in [2.24, 2.45) is 0 Å². The molecule has 2 aliphatic rings. The average Bonchev–Trinajstić information content (AvgIpc) is 2.50. The van der Waals surface area contributed by atoms with Crippen molar-refractivity contribution in [2.45, 2.75) is 63.6 Å². The summed E-state index contributed by atoms with van der Waals surface area (Å²) in [6.45, 7) is 3.44. The first-order valence-corrected chi connectivity index (χ1v) is 9.13. The summed E-state index contributed by atoms with van der Waals surface area (Å²) in [5, 5.41) is 6.58. The summed E-state index contributed by atoms with van der Waals surface area (Å²) in [6, 6.07) is 8.71. The van der Waals surface area contributed by atoms with Crippen LogP contribution in [0.1, 0.15) is 45.4 Å². The van der Waals surface area contributed by atoms with Crippen molar-refractivity contribution in [3.63, 3.8) is 0 Å². The van der Waals surface area contributed by atoms with Crippen LogP contribution in [0.3, 0.4) is 0 Å². The predicted molar refractivity (Wildman–Crippen MR) is 95.1 cm³/mol. The number of para-hydroxylation sites is 1. The molecule has 2 fully saturated rings. The maximum Gasteiger partial charge on any atom is 0.319 e. The summed E-state index contributed by atoms with van der Waals surface area (Å²) >= 11 is 6.09. The van der Waals surface area contributed by atoms with Gasteiger partial charge in [-0.05, 0) is 50.8 Å². The zero-order valence-electron chi connectivity index (χ0n) is 13.7. The van der Waals surface area contributed by atoms with Gasteiger partial charge < -0.3 is 10.6 Å². The Morgan fingerprint density at radius 3 is 2.61 bits per heavy atom. The highest BCUT2D eigenvalue weighted by Gasteiger charge is 2.38. The molecule has 2 saturated heterocycles. The third-order valence-electron chi connectivity index (χ3n) is 5.06. The number of nitrogens with one attached hydrogen (secondary N) is 2. The average molecular weight is 336 g/mol. The van der Waals surface area contributed by atoms with Crippen molar-refractivity contribution in [2.75, 3.05) is 11.9 Å². The van der Waals surface area contributed by atoms with Gasteiger partial charge in [-0.1, -0.05) is 37.1 Å². The van der Waals surface area contributed by atoms with E-state index in [9.17, 15) is 4.79 Å². The maximum absolute atomic E-state index is 12.3. The molecule has 1 aromatic rings.